The molecular weight excluding hydrogens is 460 g/mol. The smallest absolute Gasteiger partial charge is 0.164 e. The molecule has 2 aromatic heterocycles. The fourth-order valence-electron chi connectivity index (χ4n) is 3.97. The first-order valence-corrected chi connectivity index (χ1v) is 11.1. The molecule has 32 heavy (non-hydrogen) atoms. The number of nitrogens with one attached hydrogen (secondary N) is 1. The topological polar surface area (TPSA) is 54.5 Å². The van der Waals surface area contributed by atoms with Crippen LogP contribution in [0, 0.1) is 0 Å². The summed E-state index contributed by atoms with van der Waals surface area (Å²) in [5.74, 6) is 1.96. The van der Waals surface area contributed by atoms with Gasteiger partial charge in [-0.1, -0.05) is 78.9 Å². The van der Waals surface area contributed by atoms with Crippen LogP contribution < -0.4 is 0 Å². The minimum Gasteiger partial charge on any atom is -0.354 e. The number of aromatic amines is 1. The van der Waals surface area contributed by atoms with Crippen LogP contribution in [-0.2, 0) is 0 Å². The van der Waals surface area contributed by atoms with Gasteiger partial charge in [0.15, 0.2) is 17.5 Å². The van der Waals surface area contributed by atoms with E-state index in [1.54, 1.807) is 0 Å². The van der Waals surface area contributed by atoms with Gasteiger partial charge in [-0.25, -0.2) is 15.0 Å². The van der Waals surface area contributed by atoms with Crippen LogP contribution in [0.5, 0.6) is 0 Å². The van der Waals surface area contributed by atoms with Crippen molar-refractivity contribution in [2.45, 2.75) is 0 Å². The summed E-state index contributed by atoms with van der Waals surface area (Å²) in [5.41, 5.74) is 5.02. The van der Waals surface area contributed by atoms with Crippen LogP contribution in [-0.4, -0.2) is 19.9 Å². The molecule has 5 heteroatoms. The van der Waals surface area contributed by atoms with E-state index >= 15 is 0 Å². The zero-order valence-electron chi connectivity index (χ0n) is 17.0. The van der Waals surface area contributed by atoms with Crippen LogP contribution in [0.25, 0.3) is 56.0 Å². The van der Waals surface area contributed by atoms with Crippen molar-refractivity contribution in [2.24, 2.45) is 0 Å². The summed E-state index contributed by atoms with van der Waals surface area (Å²) >= 11 is 3.75. The highest BCUT2D eigenvalue weighted by Gasteiger charge is 2.15. The molecule has 6 aromatic rings. The van der Waals surface area contributed by atoms with Crippen molar-refractivity contribution in [3.8, 4) is 34.2 Å². The predicted molar refractivity (Wildman–Crippen MR) is 133 cm³/mol. The summed E-state index contributed by atoms with van der Waals surface area (Å²) in [5, 5.41) is 2.30. The molecule has 0 saturated carbocycles. The molecule has 0 fully saturated rings. The van der Waals surface area contributed by atoms with Crippen molar-refractivity contribution >= 4 is 37.7 Å². The molecule has 0 unspecified atom stereocenters. The number of hydrogen-bond donors (Lipinski definition) is 1. The van der Waals surface area contributed by atoms with Crippen LogP contribution in [0.4, 0.5) is 0 Å². The minimum absolute atomic E-state index is 0.644. The van der Waals surface area contributed by atoms with Crippen LogP contribution in [0.1, 0.15) is 0 Å². The average molecular weight is 477 g/mol. The van der Waals surface area contributed by atoms with Crippen molar-refractivity contribution in [2.75, 3.05) is 0 Å². The van der Waals surface area contributed by atoms with E-state index in [2.05, 4.69) is 51.2 Å². The number of nitrogens with zero attached hydrogens (tertiary/aromatic N) is 3. The molecule has 4 nitrogen and oxygen atoms in total. The first-order valence-electron chi connectivity index (χ1n) is 10.3. The van der Waals surface area contributed by atoms with Crippen molar-refractivity contribution < 1.29 is 0 Å². The molecule has 0 spiro atoms. The second-order valence-electron chi connectivity index (χ2n) is 7.59. The zero-order valence-corrected chi connectivity index (χ0v) is 18.5. The summed E-state index contributed by atoms with van der Waals surface area (Å²) in [7, 11) is 0. The Morgan fingerprint density at radius 2 is 1.06 bits per heavy atom. The highest BCUT2D eigenvalue weighted by atomic mass is 79.9. The van der Waals surface area contributed by atoms with Gasteiger partial charge in [-0.3, -0.25) is 0 Å². The first-order chi connectivity index (χ1) is 15.8. The number of halogens is 1. The van der Waals surface area contributed by atoms with Gasteiger partial charge >= 0.3 is 0 Å². The average Bonchev–Trinajstić information content (AvgIpc) is 3.24. The van der Waals surface area contributed by atoms with Crippen LogP contribution in [0.3, 0.4) is 0 Å². The van der Waals surface area contributed by atoms with Crippen molar-refractivity contribution in [3.63, 3.8) is 0 Å². The number of fused-ring (bicyclic) bond motifs is 3. The van der Waals surface area contributed by atoms with Gasteiger partial charge in [0.1, 0.15) is 0 Å². The second kappa shape index (κ2) is 7.70. The van der Waals surface area contributed by atoms with Crippen LogP contribution in [0.2, 0.25) is 0 Å². The zero-order chi connectivity index (χ0) is 21.5. The Kier molecular flexibility index (Phi) is 4.55. The maximum Gasteiger partial charge on any atom is 0.164 e. The van der Waals surface area contributed by atoms with Gasteiger partial charge in [0.25, 0.3) is 0 Å². The molecule has 0 amide bonds. The molecule has 0 aliphatic carbocycles. The van der Waals surface area contributed by atoms with Gasteiger partial charge in [-0.15, -0.1) is 0 Å². The Labute approximate surface area is 193 Å². The molecule has 0 bridgehead atoms. The van der Waals surface area contributed by atoms with Gasteiger partial charge in [-0.2, -0.15) is 0 Å². The number of para-hydroxylation sites is 1. The standard InChI is InChI=1S/C27H17BrN4/c28-22-16-19(15-21-20-13-7-8-14-23(20)29-24(21)22)27-31-25(17-9-3-1-4-10-17)30-26(32-27)18-11-5-2-6-12-18/h1-16,29H. The monoisotopic (exact) mass is 476 g/mol. The Balaban J connectivity index is 1.61. The van der Waals surface area contributed by atoms with Gasteiger partial charge < -0.3 is 4.98 Å². The van der Waals surface area contributed by atoms with E-state index in [9.17, 15) is 0 Å². The van der Waals surface area contributed by atoms with E-state index in [1.165, 1.54) is 5.39 Å². The van der Waals surface area contributed by atoms with Crippen molar-refractivity contribution in [1.82, 2.24) is 19.9 Å². The summed E-state index contributed by atoms with van der Waals surface area (Å²) in [6.07, 6.45) is 0. The Bertz CT molecular complexity index is 1520. The molecule has 0 atom stereocenters. The van der Waals surface area contributed by atoms with Crippen LogP contribution >= 0.6 is 15.9 Å². The predicted octanol–water partition coefficient (Wildman–Crippen LogP) is 7.27. The van der Waals surface area contributed by atoms with E-state index in [0.717, 1.165) is 37.6 Å². The molecule has 6 rings (SSSR count). The van der Waals surface area contributed by atoms with Gasteiger partial charge in [-0.05, 0) is 34.1 Å². The van der Waals surface area contributed by atoms with E-state index < -0.39 is 0 Å². The third-order valence-corrected chi connectivity index (χ3v) is 6.15. The third kappa shape index (κ3) is 3.27. The van der Waals surface area contributed by atoms with Gasteiger partial charge in [0, 0.05) is 37.5 Å². The van der Waals surface area contributed by atoms with Gasteiger partial charge in [0.2, 0.25) is 0 Å². The van der Waals surface area contributed by atoms with E-state index in [-0.39, 0.29) is 0 Å². The largest absolute Gasteiger partial charge is 0.354 e. The normalized spacial score (nSPS) is 11.3. The molecule has 4 aromatic carbocycles. The number of rotatable bonds is 3. The fraction of sp³-hybridized carbons (Fsp3) is 0. The molecule has 152 valence electrons. The third-order valence-electron chi connectivity index (χ3n) is 5.52. The quantitative estimate of drug-likeness (QED) is 0.292. The van der Waals surface area contributed by atoms with Crippen molar-refractivity contribution in [3.05, 3.63) is 102 Å². The lowest BCUT2D eigenvalue weighted by molar-refractivity contribution is 1.07. The highest BCUT2D eigenvalue weighted by Crippen LogP contribution is 2.35. The summed E-state index contributed by atoms with van der Waals surface area (Å²) in [6, 6.07) is 32.6. The SMILES string of the molecule is Brc1cc(-c2nc(-c3ccccc3)nc(-c3ccccc3)n2)cc2c1[nH]c1ccccc12. The fourth-order valence-corrected chi connectivity index (χ4v) is 4.53. The summed E-state index contributed by atoms with van der Waals surface area (Å²) < 4.78 is 0.976. The maximum atomic E-state index is 4.86. The number of hydrogen-bond acceptors (Lipinski definition) is 3. The lowest BCUT2D eigenvalue weighted by Crippen LogP contribution is -2.00. The van der Waals surface area contributed by atoms with E-state index in [4.69, 9.17) is 15.0 Å². The highest BCUT2D eigenvalue weighted by molar-refractivity contribution is 9.10. The van der Waals surface area contributed by atoms with Crippen molar-refractivity contribution in [1.29, 1.82) is 0 Å². The molecule has 2 heterocycles. The molecule has 0 saturated heterocycles. The molecule has 0 aliphatic heterocycles. The molecular formula is C27H17BrN4. The second-order valence-corrected chi connectivity index (χ2v) is 8.44. The number of aromatic nitrogens is 4. The van der Waals surface area contributed by atoms with E-state index in [0.29, 0.717) is 17.5 Å². The lowest BCUT2D eigenvalue weighted by Gasteiger charge is -2.09. The molecule has 0 radical (unpaired) electrons. The lowest BCUT2D eigenvalue weighted by atomic mass is 10.1. The molecule has 1 N–H and O–H groups in total. The maximum absolute atomic E-state index is 4.86. The summed E-state index contributed by atoms with van der Waals surface area (Å²) in [6.45, 7) is 0. The minimum atomic E-state index is 0.644. The van der Waals surface area contributed by atoms with E-state index in [1.807, 2.05) is 66.7 Å². The number of H-pyrrole nitrogens is 1. The first kappa shape index (κ1) is 18.9. The van der Waals surface area contributed by atoms with Gasteiger partial charge in [0.05, 0.1) is 5.52 Å². The Hall–Kier alpha value is -3.83. The molecule has 0 aliphatic rings. The number of benzene rings is 4. The Morgan fingerprint density at radius 3 is 1.69 bits per heavy atom. The Morgan fingerprint density at radius 1 is 0.531 bits per heavy atom. The van der Waals surface area contributed by atoms with Crippen LogP contribution in [0.15, 0.2) is 102 Å². The summed E-state index contributed by atoms with van der Waals surface area (Å²) in [4.78, 5) is 18.0.